The van der Waals surface area contributed by atoms with Gasteiger partial charge in [0.1, 0.15) is 5.75 Å². The number of carbonyl (C=O) groups is 2. The van der Waals surface area contributed by atoms with Crippen molar-refractivity contribution in [1.82, 2.24) is 4.57 Å². The Kier molecular flexibility index (Phi) is 9.34. The first-order valence-electron chi connectivity index (χ1n) is 12.8. The second-order valence-corrected chi connectivity index (χ2v) is 10.9. The van der Waals surface area contributed by atoms with Crippen molar-refractivity contribution in [2.75, 3.05) is 26.9 Å². The maximum absolute atomic E-state index is 14.0. The summed E-state index contributed by atoms with van der Waals surface area (Å²) in [6.07, 6.45) is 1.71. The van der Waals surface area contributed by atoms with Crippen molar-refractivity contribution < 1.29 is 28.5 Å². The summed E-state index contributed by atoms with van der Waals surface area (Å²) in [6.45, 7) is 7.41. The summed E-state index contributed by atoms with van der Waals surface area (Å²) in [6, 6.07) is 8.27. The zero-order chi connectivity index (χ0) is 29.8. The van der Waals surface area contributed by atoms with Gasteiger partial charge in [0.05, 0.1) is 46.6 Å². The van der Waals surface area contributed by atoms with E-state index in [1.165, 1.54) is 15.9 Å². The van der Waals surface area contributed by atoms with Crippen LogP contribution in [-0.2, 0) is 14.3 Å². The number of benzene rings is 2. The van der Waals surface area contributed by atoms with E-state index in [9.17, 15) is 14.4 Å². The van der Waals surface area contributed by atoms with Crippen molar-refractivity contribution >= 4 is 45.2 Å². The van der Waals surface area contributed by atoms with E-state index in [2.05, 4.69) is 20.9 Å². The molecule has 1 atom stereocenters. The number of allylic oxidation sites excluding steroid dienone is 1. The fourth-order valence-electron chi connectivity index (χ4n) is 4.48. The number of methoxy groups -OCH3 is 1. The van der Waals surface area contributed by atoms with Gasteiger partial charge in [0.15, 0.2) is 22.9 Å². The summed E-state index contributed by atoms with van der Waals surface area (Å²) in [4.78, 5) is 43.4. The number of hydrogen-bond acceptors (Lipinski definition) is 9. The SMILES string of the molecule is CCOC(=O)C1=C(C)N=c2s/c(=C/c3cc(Br)c(OCC(N)=O)c(OCC)c3)c(=O)n2C1c1ccc(C)c(OC)c1. The van der Waals surface area contributed by atoms with Crippen LogP contribution in [0, 0.1) is 6.92 Å². The number of ether oxygens (including phenoxy) is 4. The summed E-state index contributed by atoms with van der Waals surface area (Å²) >= 11 is 4.67. The molecule has 0 radical (unpaired) electrons. The van der Waals surface area contributed by atoms with Gasteiger partial charge in [0.2, 0.25) is 0 Å². The second-order valence-electron chi connectivity index (χ2n) is 9.05. The highest BCUT2D eigenvalue weighted by Crippen LogP contribution is 2.37. The molecule has 0 saturated heterocycles. The number of amides is 1. The molecule has 41 heavy (non-hydrogen) atoms. The molecule has 0 spiro atoms. The normalized spacial score (nSPS) is 14.8. The maximum atomic E-state index is 14.0. The molecule has 0 saturated carbocycles. The molecular formula is C29H30BrN3O7S. The van der Waals surface area contributed by atoms with Gasteiger partial charge < -0.3 is 24.7 Å². The van der Waals surface area contributed by atoms with Crippen molar-refractivity contribution in [3.05, 3.63) is 82.5 Å². The monoisotopic (exact) mass is 643 g/mol. The molecule has 2 heterocycles. The Balaban J connectivity index is 1.91. The van der Waals surface area contributed by atoms with Crippen molar-refractivity contribution in [3.63, 3.8) is 0 Å². The lowest BCUT2D eigenvalue weighted by Crippen LogP contribution is -2.40. The number of hydrogen-bond donors (Lipinski definition) is 1. The molecule has 0 aliphatic carbocycles. The van der Waals surface area contributed by atoms with Crippen LogP contribution in [0.25, 0.3) is 6.08 Å². The third kappa shape index (κ3) is 6.23. The number of halogens is 1. The lowest BCUT2D eigenvalue weighted by atomic mass is 9.95. The van der Waals surface area contributed by atoms with E-state index in [0.717, 1.165) is 5.56 Å². The lowest BCUT2D eigenvalue weighted by molar-refractivity contribution is -0.139. The fourth-order valence-corrected chi connectivity index (χ4v) is 6.10. The number of aryl methyl sites for hydroxylation is 1. The van der Waals surface area contributed by atoms with Crippen molar-refractivity contribution in [3.8, 4) is 17.2 Å². The molecule has 3 aromatic rings. The van der Waals surface area contributed by atoms with Crippen LogP contribution in [0.2, 0.25) is 0 Å². The lowest BCUT2D eigenvalue weighted by Gasteiger charge is -2.25. The van der Waals surface area contributed by atoms with E-state index in [1.807, 2.05) is 32.0 Å². The van der Waals surface area contributed by atoms with E-state index in [1.54, 1.807) is 39.2 Å². The standard InChI is InChI=1S/C29H30BrN3O7S/c1-6-38-21-11-17(10-19(30)26(21)40-14-23(31)34)12-22-27(35)33-25(18-9-8-15(3)20(13-18)37-5)24(28(36)39-7-2)16(4)32-29(33)41-22/h8-13,25H,6-7,14H2,1-5H3,(H2,31,34)/b22-12+. The Morgan fingerprint density at radius 3 is 2.54 bits per heavy atom. The summed E-state index contributed by atoms with van der Waals surface area (Å²) < 4.78 is 24.6. The first-order chi connectivity index (χ1) is 19.6. The molecule has 1 aliphatic heterocycles. The topological polar surface area (TPSA) is 131 Å². The predicted octanol–water partition coefficient (Wildman–Crippen LogP) is 3.14. The Labute approximate surface area is 248 Å². The van der Waals surface area contributed by atoms with Gasteiger partial charge in [-0.2, -0.15) is 0 Å². The zero-order valence-electron chi connectivity index (χ0n) is 23.3. The van der Waals surface area contributed by atoms with Gasteiger partial charge >= 0.3 is 5.97 Å². The molecule has 10 nitrogen and oxygen atoms in total. The summed E-state index contributed by atoms with van der Waals surface area (Å²) in [5.74, 6) is 0.182. The Bertz CT molecular complexity index is 1720. The molecular weight excluding hydrogens is 614 g/mol. The number of thiazole rings is 1. The van der Waals surface area contributed by atoms with Crippen LogP contribution in [0.4, 0.5) is 0 Å². The third-order valence-corrected chi connectivity index (χ3v) is 7.83. The molecule has 0 fully saturated rings. The number of nitrogens with two attached hydrogens (primary N) is 1. The second kappa shape index (κ2) is 12.7. The summed E-state index contributed by atoms with van der Waals surface area (Å²) in [5.41, 5.74) is 7.92. The predicted molar refractivity (Wildman–Crippen MR) is 158 cm³/mol. The highest BCUT2D eigenvalue weighted by atomic mass is 79.9. The maximum Gasteiger partial charge on any atom is 0.338 e. The minimum atomic E-state index is -0.766. The number of fused-ring (bicyclic) bond motifs is 1. The molecule has 0 bridgehead atoms. The fraction of sp³-hybridized carbons (Fsp3) is 0.310. The third-order valence-electron chi connectivity index (χ3n) is 6.25. The number of rotatable bonds is 10. The molecule has 1 aromatic heterocycles. The molecule has 216 valence electrons. The van der Waals surface area contributed by atoms with E-state index >= 15 is 0 Å². The van der Waals surface area contributed by atoms with Gasteiger partial charge in [-0.3, -0.25) is 14.2 Å². The quantitative estimate of drug-likeness (QED) is 0.336. The molecule has 1 amide bonds. The number of aromatic nitrogens is 1. The average molecular weight is 645 g/mol. The van der Waals surface area contributed by atoms with Crippen LogP contribution in [-0.4, -0.2) is 43.4 Å². The molecule has 2 N–H and O–H groups in total. The van der Waals surface area contributed by atoms with E-state index in [4.69, 9.17) is 24.7 Å². The number of esters is 1. The molecule has 4 rings (SSSR count). The van der Waals surface area contributed by atoms with Gasteiger partial charge in [0, 0.05) is 0 Å². The Hall–Kier alpha value is -3.90. The van der Waals surface area contributed by atoms with Gasteiger partial charge in [0.25, 0.3) is 11.5 Å². The minimum Gasteiger partial charge on any atom is -0.496 e. The Morgan fingerprint density at radius 2 is 1.88 bits per heavy atom. The number of nitrogens with zero attached hydrogens (tertiary/aromatic N) is 2. The average Bonchev–Trinajstić information content (AvgIpc) is 3.21. The van der Waals surface area contributed by atoms with Crippen molar-refractivity contribution in [2.45, 2.75) is 33.7 Å². The van der Waals surface area contributed by atoms with Crippen LogP contribution in [0.15, 0.2) is 55.9 Å². The minimum absolute atomic E-state index is 0.181. The van der Waals surface area contributed by atoms with Gasteiger partial charge in [-0.25, -0.2) is 9.79 Å². The van der Waals surface area contributed by atoms with Crippen LogP contribution < -0.4 is 34.8 Å². The van der Waals surface area contributed by atoms with Gasteiger partial charge in [-0.05, 0) is 84.6 Å². The molecule has 1 unspecified atom stereocenters. The van der Waals surface area contributed by atoms with Crippen molar-refractivity contribution in [1.29, 1.82) is 0 Å². The Morgan fingerprint density at radius 1 is 1.12 bits per heavy atom. The number of primary amides is 1. The zero-order valence-corrected chi connectivity index (χ0v) is 25.7. The summed E-state index contributed by atoms with van der Waals surface area (Å²) in [5, 5.41) is 0. The molecule has 2 aromatic carbocycles. The molecule has 1 aliphatic rings. The van der Waals surface area contributed by atoms with E-state index in [-0.39, 0.29) is 24.3 Å². The van der Waals surface area contributed by atoms with E-state index in [0.29, 0.717) is 54.5 Å². The highest BCUT2D eigenvalue weighted by Gasteiger charge is 2.33. The van der Waals surface area contributed by atoms with E-state index < -0.39 is 17.9 Å². The first-order valence-corrected chi connectivity index (χ1v) is 14.4. The number of carbonyl (C=O) groups excluding carboxylic acids is 2. The highest BCUT2D eigenvalue weighted by molar-refractivity contribution is 9.10. The van der Waals surface area contributed by atoms with Crippen LogP contribution in [0.3, 0.4) is 0 Å². The molecule has 12 heteroatoms. The van der Waals surface area contributed by atoms with Crippen LogP contribution >= 0.6 is 27.3 Å². The largest absolute Gasteiger partial charge is 0.496 e. The van der Waals surface area contributed by atoms with Gasteiger partial charge in [-0.15, -0.1) is 0 Å². The summed E-state index contributed by atoms with van der Waals surface area (Å²) in [7, 11) is 1.57. The first kappa shape index (κ1) is 30.1. The van der Waals surface area contributed by atoms with Crippen LogP contribution in [0.5, 0.6) is 17.2 Å². The van der Waals surface area contributed by atoms with Crippen molar-refractivity contribution in [2.24, 2.45) is 10.7 Å². The van der Waals surface area contributed by atoms with Gasteiger partial charge in [-0.1, -0.05) is 23.5 Å². The smallest absolute Gasteiger partial charge is 0.338 e. The van der Waals surface area contributed by atoms with Crippen LogP contribution in [0.1, 0.15) is 43.5 Å².